The number of carbonyl (C=O) groups excluding carboxylic acids is 2. The maximum Gasteiger partial charge on any atom is 0.317 e. The molecule has 27 heavy (non-hydrogen) atoms. The van der Waals surface area contributed by atoms with Gasteiger partial charge in [0.25, 0.3) is 5.91 Å². The van der Waals surface area contributed by atoms with E-state index in [4.69, 9.17) is 0 Å². The largest absolute Gasteiger partial charge is 0.341 e. The predicted molar refractivity (Wildman–Crippen MR) is 103 cm³/mol. The Morgan fingerprint density at radius 1 is 1.04 bits per heavy atom. The standard InChI is InChI=1S/C20H27N5O2/c1-21-20(27)24-10-7-14(8-11-24)15-9-12-25(13-15)19(26)18-16-5-3-4-6-17(16)23(2)22-18/h3-6,14-15H,7-13H2,1-2H3,(H,21,27). The number of nitrogens with zero attached hydrogens (tertiary/aromatic N) is 4. The Bertz CT molecular complexity index is 853. The Morgan fingerprint density at radius 3 is 2.44 bits per heavy atom. The minimum atomic E-state index is 0.0127. The second-order valence-corrected chi connectivity index (χ2v) is 7.67. The average molecular weight is 369 g/mol. The summed E-state index contributed by atoms with van der Waals surface area (Å²) in [6, 6.07) is 7.89. The Balaban J connectivity index is 1.41. The van der Waals surface area contributed by atoms with Crippen LogP contribution in [0.15, 0.2) is 24.3 Å². The number of aryl methyl sites for hydroxylation is 1. The SMILES string of the molecule is CNC(=O)N1CCC(C2CCN(C(=O)c3nn(C)c4ccccc34)C2)CC1. The second-order valence-electron chi connectivity index (χ2n) is 7.67. The molecule has 0 aliphatic carbocycles. The minimum Gasteiger partial charge on any atom is -0.341 e. The van der Waals surface area contributed by atoms with Gasteiger partial charge in [0.1, 0.15) is 0 Å². The van der Waals surface area contributed by atoms with Gasteiger partial charge in [-0.3, -0.25) is 9.48 Å². The third-order valence-electron chi connectivity index (χ3n) is 6.18. The van der Waals surface area contributed by atoms with Crippen molar-refractivity contribution in [2.24, 2.45) is 18.9 Å². The molecule has 144 valence electrons. The first-order chi connectivity index (χ1) is 13.1. The lowest BCUT2D eigenvalue weighted by Crippen LogP contribution is -2.44. The second kappa shape index (κ2) is 7.21. The summed E-state index contributed by atoms with van der Waals surface area (Å²) in [6.07, 6.45) is 3.08. The molecule has 4 rings (SSSR count). The first-order valence-corrected chi connectivity index (χ1v) is 9.76. The van der Waals surface area contributed by atoms with Crippen LogP contribution >= 0.6 is 0 Å². The summed E-state index contributed by atoms with van der Waals surface area (Å²) in [7, 11) is 3.56. The fraction of sp³-hybridized carbons (Fsp3) is 0.550. The lowest BCUT2D eigenvalue weighted by atomic mass is 9.84. The van der Waals surface area contributed by atoms with E-state index in [2.05, 4.69) is 10.4 Å². The summed E-state index contributed by atoms with van der Waals surface area (Å²) in [4.78, 5) is 28.7. The van der Waals surface area contributed by atoms with Crippen LogP contribution in [-0.4, -0.2) is 64.7 Å². The summed E-state index contributed by atoms with van der Waals surface area (Å²) >= 11 is 0. The van der Waals surface area contributed by atoms with Crippen LogP contribution in [0.2, 0.25) is 0 Å². The molecule has 1 aromatic carbocycles. The van der Waals surface area contributed by atoms with Gasteiger partial charge in [-0.05, 0) is 37.2 Å². The van der Waals surface area contributed by atoms with E-state index in [9.17, 15) is 9.59 Å². The molecular weight excluding hydrogens is 342 g/mol. The lowest BCUT2D eigenvalue weighted by molar-refractivity contribution is 0.0772. The number of para-hydroxylation sites is 1. The Morgan fingerprint density at radius 2 is 1.70 bits per heavy atom. The number of aromatic nitrogens is 2. The summed E-state index contributed by atoms with van der Waals surface area (Å²) < 4.78 is 1.78. The highest BCUT2D eigenvalue weighted by Crippen LogP contribution is 2.33. The van der Waals surface area contributed by atoms with E-state index < -0.39 is 0 Å². The molecule has 3 amide bonds. The van der Waals surface area contributed by atoms with Crippen molar-refractivity contribution in [2.75, 3.05) is 33.2 Å². The maximum absolute atomic E-state index is 13.1. The Hall–Kier alpha value is -2.57. The molecule has 1 N–H and O–H groups in total. The van der Waals surface area contributed by atoms with Crippen molar-refractivity contribution < 1.29 is 9.59 Å². The molecule has 0 radical (unpaired) electrons. The molecule has 1 unspecified atom stereocenters. The third-order valence-corrected chi connectivity index (χ3v) is 6.18. The van der Waals surface area contributed by atoms with E-state index >= 15 is 0 Å². The molecular formula is C20H27N5O2. The molecule has 0 spiro atoms. The first-order valence-electron chi connectivity index (χ1n) is 9.76. The zero-order valence-corrected chi connectivity index (χ0v) is 16.0. The Labute approximate surface area is 159 Å². The number of hydrogen-bond donors (Lipinski definition) is 1. The number of rotatable bonds is 2. The van der Waals surface area contributed by atoms with E-state index in [0.717, 1.165) is 56.3 Å². The lowest BCUT2D eigenvalue weighted by Gasteiger charge is -2.34. The van der Waals surface area contributed by atoms with Gasteiger partial charge < -0.3 is 15.1 Å². The highest BCUT2D eigenvalue weighted by molar-refractivity contribution is 6.04. The van der Waals surface area contributed by atoms with E-state index in [0.29, 0.717) is 17.5 Å². The van der Waals surface area contributed by atoms with E-state index in [1.165, 1.54) is 0 Å². The molecule has 2 saturated heterocycles. The number of nitrogens with one attached hydrogen (secondary N) is 1. The molecule has 2 aliphatic heterocycles. The highest BCUT2D eigenvalue weighted by Gasteiger charge is 2.35. The van der Waals surface area contributed by atoms with Gasteiger partial charge in [0, 0.05) is 45.7 Å². The monoisotopic (exact) mass is 369 g/mol. The fourth-order valence-corrected chi connectivity index (χ4v) is 4.61. The summed E-state index contributed by atoms with van der Waals surface area (Å²) in [5.41, 5.74) is 1.54. The fourth-order valence-electron chi connectivity index (χ4n) is 4.61. The third kappa shape index (κ3) is 3.26. The molecule has 7 nitrogen and oxygen atoms in total. The zero-order valence-electron chi connectivity index (χ0n) is 16.0. The van der Waals surface area contributed by atoms with Crippen LogP contribution in [0.25, 0.3) is 10.9 Å². The van der Waals surface area contributed by atoms with Crippen LogP contribution in [0.4, 0.5) is 4.79 Å². The van der Waals surface area contributed by atoms with Crippen LogP contribution < -0.4 is 5.32 Å². The van der Waals surface area contributed by atoms with E-state index in [1.54, 1.807) is 11.7 Å². The first kappa shape index (κ1) is 17.8. The van der Waals surface area contributed by atoms with Crippen LogP contribution in [-0.2, 0) is 7.05 Å². The van der Waals surface area contributed by atoms with Crippen molar-refractivity contribution in [3.05, 3.63) is 30.0 Å². The quantitative estimate of drug-likeness (QED) is 0.881. The van der Waals surface area contributed by atoms with Crippen molar-refractivity contribution in [3.63, 3.8) is 0 Å². The van der Waals surface area contributed by atoms with E-state index in [-0.39, 0.29) is 11.9 Å². The number of urea groups is 1. The number of fused-ring (bicyclic) bond motifs is 1. The average Bonchev–Trinajstić information content (AvgIpc) is 3.33. The topological polar surface area (TPSA) is 70.5 Å². The Kier molecular flexibility index (Phi) is 4.76. The van der Waals surface area contributed by atoms with Crippen molar-refractivity contribution in [3.8, 4) is 0 Å². The van der Waals surface area contributed by atoms with Gasteiger partial charge in [-0.25, -0.2) is 4.79 Å². The molecule has 2 aliphatic rings. The molecule has 2 fully saturated rings. The van der Waals surface area contributed by atoms with Crippen LogP contribution in [0, 0.1) is 11.8 Å². The predicted octanol–water partition coefficient (Wildman–Crippen LogP) is 2.09. The molecule has 1 aromatic heterocycles. The molecule has 7 heteroatoms. The maximum atomic E-state index is 13.1. The zero-order chi connectivity index (χ0) is 19.0. The number of amides is 3. The molecule has 0 saturated carbocycles. The molecule has 0 bridgehead atoms. The van der Waals surface area contributed by atoms with Gasteiger partial charge in [0.15, 0.2) is 5.69 Å². The van der Waals surface area contributed by atoms with Crippen LogP contribution in [0.1, 0.15) is 29.8 Å². The molecule has 3 heterocycles. The van der Waals surface area contributed by atoms with Crippen molar-refractivity contribution in [2.45, 2.75) is 19.3 Å². The summed E-state index contributed by atoms with van der Waals surface area (Å²) in [5, 5.41) is 8.11. The minimum absolute atomic E-state index is 0.0127. The van der Waals surface area contributed by atoms with Crippen molar-refractivity contribution in [1.29, 1.82) is 0 Å². The highest BCUT2D eigenvalue weighted by atomic mass is 16.2. The molecule has 2 aromatic rings. The number of piperidine rings is 1. The van der Waals surface area contributed by atoms with Crippen molar-refractivity contribution in [1.82, 2.24) is 24.9 Å². The van der Waals surface area contributed by atoms with Gasteiger partial charge in [0.05, 0.1) is 5.52 Å². The summed E-state index contributed by atoms with van der Waals surface area (Å²) in [5.74, 6) is 1.15. The number of carbonyl (C=O) groups is 2. The normalized spacial score (nSPS) is 21.0. The summed E-state index contributed by atoms with van der Waals surface area (Å²) in [6.45, 7) is 3.21. The van der Waals surface area contributed by atoms with Crippen molar-refractivity contribution >= 4 is 22.8 Å². The van der Waals surface area contributed by atoms with E-state index in [1.807, 2.05) is 41.1 Å². The number of hydrogen-bond acceptors (Lipinski definition) is 3. The van der Waals surface area contributed by atoms with Gasteiger partial charge in [-0.15, -0.1) is 0 Å². The van der Waals surface area contributed by atoms with Gasteiger partial charge in [-0.2, -0.15) is 5.10 Å². The smallest absolute Gasteiger partial charge is 0.317 e. The van der Waals surface area contributed by atoms with Crippen LogP contribution in [0.3, 0.4) is 0 Å². The number of likely N-dealkylation sites (tertiary alicyclic amines) is 2. The number of benzene rings is 1. The molecule has 1 atom stereocenters. The van der Waals surface area contributed by atoms with Gasteiger partial charge >= 0.3 is 6.03 Å². The van der Waals surface area contributed by atoms with Gasteiger partial charge in [-0.1, -0.05) is 18.2 Å². The van der Waals surface area contributed by atoms with Gasteiger partial charge in [0.2, 0.25) is 0 Å². The van der Waals surface area contributed by atoms with Crippen LogP contribution in [0.5, 0.6) is 0 Å².